The summed E-state index contributed by atoms with van der Waals surface area (Å²) in [4.78, 5) is 11.4. The number of benzene rings is 1. The minimum Gasteiger partial charge on any atom is -0.493 e. The summed E-state index contributed by atoms with van der Waals surface area (Å²) < 4.78 is 15.3. The number of halogens is 1. The fourth-order valence-corrected chi connectivity index (χ4v) is 1.33. The summed E-state index contributed by atoms with van der Waals surface area (Å²) in [5.41, 5.74) is 1.16. The highest BCUT2D eigenvalue weighted by Crippen LogP contribution is 2.28. The van der Waals surface area contributed by atoms with Crippen LogP contribution in [-0.4, -0.2) is 32.7 Å². The van der Waals surface area contributed by atoms with Gasteiger partial charge in [0.1, 0.15) is 6.61 Å². The second-order valence-corrected chi connectivity index (χ2v) is 3.80. The standard InChI is InChI=1S/C13H15ClO4/c1-9(7-14)8-18-11-5-4-10(13(15)17-3)6-12(11)16-2/h4-6H,1,7-8H2,2-3H3. The van der Waals surface area contributed by atoms with Crippen molar-refractivity contribution in [2.45, 2.75) is 0 Å². The van der Waals surface area contributed by atoms with Crippen molar-refractivity contribution >= 4 is 17.6 Å². The molecule has 1 aromatic carbocycles. The maximum absolute atomic E-state index is 11.4. The second kappa shape index (κ2) is 6.91. The Bertz CT molecular complexity index is 443. The first-order valence-electron chi connectivity index (χ1n) is 5.24. The average Bonchev–Trinajstić information content (AvgIpc) is 2.43. The smallest absolute Gasteiger partial charge is 0.337 e. The van der Waals surface area contributed by atoms with Gasteiger partial charge < -0.3 is 14.2 Å². The Morgan fingerprint density at radius 2 is 2.06 bits per heavy atom. The average molecular weight is 271 g/mol. The Labute approximate surface area is 111 Å². The number of carbonyl (C=O) groups is 1. The third-order valence-corrected chi connectivity index (χ3v) is 2.58. The molecule has 0 unspecified atom stereocenters. The van der Waals surface area contributed by atoms with Gasteiger partial charge in [-0.1, -0.05) is 6.58 Å². The minimum atomic E-state index is -0.426. The molecule has 0 spiro atoms. The lowest BCUT2D eigenvalue weighted by Gasteiger charge is -2.12. The van der Waals surface area contributed by atoms with E-state index in [1.54, 1.807) is 18.2 Å². The number of esters is 1. The van der Waals surface area contributed by atoms with Gasteiger partial charge in [0.25, 0.3) is 0 Å². The van der Waals surface area contributed by atoms with Crippen LogP contribution in [0.15, 0.2) is 30.4 Å². The van der Waals surface area contributed by atoms with Crippen molar-refractivity contribution in [2.24, 2.45) is 0 Å². The van der Waals surface area contributed by atoms with Crippen molar-refractivity contribution in [2.75, 3.05) is 26.7 Å². The molecular weight excluding hydrogens is 256 g/mol. The van der Waals surface area contributed by atoms with Crippen LogP contribution in [0.4, 0.5) is 0 Å². The second-order valence-electron chi connectivity index (χ2n) is 3.53. The zero-order valence-corrected chi connectivity index (χ0v) is 11.1. The van der Waals surface area contributed by atoms with E-state index in [-0.39, 0.29) is 0 Å². The molecule has 0 atom stereocenters. The number of rotatable bonds is 6. The highest BCUT2D eigenvalue weighted by atomic mass is 35.5. The van der Waals surface area contributed by atoms with E-state index in [1.807, 2.05) is 0 Å². The molecule has 0 heterocycles. The fraction of sp³-hybridized carbons (Fsp3) is 0.308. The van der Waals surface area contributed by atoms with Gasteiger partial charge in [-0.25, -0.2) is 4.79 Å². The number of hydrogen-bond acceptors (Lipinski definition) is 4. The first-order chi connectivity index (χ1) is 8.62. The molecule has 1 aromatic rings. The van der Waals surface area contributed by atoms with Crippen molar-refractivity contribution in [3.05, 3.63) is 35.9 Å². The van der Waals surface area contributed by atoms with Crippen molar-refractivity contribution in [1.82, 2.24) is 0 Å². The number of methoxy groups -OCH3 is 2. The molecule has 4 nitrogen and oxygen atoms in total. The monoisotopic (exact) mass is 270 g/mol. The van der Waals surface area contributed by atoms with Gasteiger partial charge >= 0.3 is 5.97 Å². The van der Waals surface area contributed by atoms with E-state index >= 15 is 0 Å². The molecule has 0 saturated heterocycles. The van der Waals surface area contributed by atoms with E-state index in [4.69, 9.17) is 21.1 Å². The highest BCUT2D eigenvalue weighted by Gasteiger charge is 2.11. The van der Waals surface area contributed by atoms with Crippen molar-refractivity contribution in [1.29, 1.82) is 0 Å². The van der Waals surface area contributed by atoms with E-state index in [0.717, 1.165) is 5.57 Å². The molecule has 0 bridgehead atoms. The molecule has 0 aliphatic rings. The Balaban J connectivity index is 2.86. The van der Waals surface area contributed by atoms with E-state index < -0.39 is 5.97 Å². The van der Waals surface area contributed by atoms with Crippen LogP contribution in [0.2, 0.25) is 0 Å². The molecular formula is C13H15ClO4. The van der Waals surface area contributed by atoms with E-state index in [1.165, 1.54) is 14.2 Å². The van der Waals surface area contributed by atoms with Gasteiger partial charge in [0.05, 0.1) is 19.8 Å². The quantitative estimate of drug-likeness (QED) is 0.453. The highest BCUT2D eigenvalue weighted by molar-refractivity contribution is 6.19. The Morgan fingerprint density at radius 3 is 2.61 bits per heavy atom. The summed E-state index contributed by atoms with van der Waals surface area (Å²) >= 11 is 5.61. The van der Waals surface area contributed by atoms with Crippen LogP contribution in [0.5, 0.6) is 11.5 Å². The SMILES string of the molecule is C=C(CCl)COc1ccc(C(=O)OC)cc1OC. The summed E-state index contributed by atoms with van der Waals surface area (Å²) in [7, 11) is 2.82. The summed E-state index contributed by atoms with van der Waals surface area (Å²) in [6.45, 7) is 4.03. The molecule has 98 valence electrons. The van der Waals surface area contributed by atoms with Crippen LogP contribution in [0.1, 0.15) is 10.4 Å². The van der Waals surface area contributed by atoms with Crippen molar-refractivity contribution in [3.8, 4) is 11.5 Å². The topological polar surface area (TPSA) is 44.8 Å². The molecule has 0 fully saturated rings. The van der Waals surface area contributed by atoms with Gasteiger partial charge in [-0.15, -0.1) is 11.6 Å². The molecule has 0 aliphatic carbocycles. The van der Waals surface area contributed by atoms with Gasteiger partial charge in [0.15, 0.2) is 11.5 Å². The lowest BCUT2D eigenvalue weighted by molar-refractivity contribution is 0.0600. The number of hydrogen-bond donors (Lipinski definition) is 0. The third kappa shape index (κ3) is 3.67. The molecule has 0 saturated carbocycles. The first-order valence-corrected chi connectivity index (χ1v) is 5.77. The maximum Gasteiger partial charge on any atom is 0.337 e. The Hall–Kier alpha value is -1.68. The molecule has 1 rings (SSSR count). The van der Waals surface area contributed by atoms with Crippen LogP contribution >= 0.6 is 11.6 Å². The van der Waals surface area contributed by atoms with Gasteiger partial charge in [-0.2, -0.15) is 0 Å². The summed E-state index contributed by atoms with van der Waals surface area (Å²) in [6.07, 6.45) is 0. The maximum atomic E-state index is 11.4. The number of ether oxygens (including phenoxy) is 3. The van der Waals surface area contributed by atoms with Gasteiger partial charge in [-0.05, 0) is 23.8 Å². The van der Waals surface area contributed by atoms with Crippen molar-refractivity contribution in [3.63, 3.8) is 0 Å². The molecule has 0 amide bonds. The van der Waals surface area contributed by atoms with Gasteiger partial charge in [0.2, 0.25) is 0 Å². The molecule has 0 aromatic heterocycles. The van der Waals surface area contributed by atoms with Crippen LogP contribution in [0.25, 0.3) is 0 Å². The summed E-state index contributed by atoms with van der Waals surface area (Å²) in [5, 5.41) is 0. The van der Waals surface area contributed by atoms with Gasteiger partial charge in [-0.3, -0.25) is 0 Å². The predicted octanol–water partition coefficient (Wildman–Crippen LogP) is 2.66. The molecule has 5 heteroatoms. The third-order valence-electron chi connectivity index (χ3n) is 2.21. The fourth-order valence-electron chi connectivity index (χ4n) is 1.25. The Kier molecular flexibility index (Phi) is 5.52. The van der Waals surface area contributed by atoms with E-state index in [2.05, 4.69) is 11.3 Å². The first kappa shape index (κ1) is 14.4. The largest absolute Gasteiger partial charge is 0.493 e. The molecule has 18 heavy (non-hydrogen) atoms. The lowest BCUT2D eigenvalue weighted by atomic mass is 10.2. The molecule has 0 N–H and O–H groups in total. The minimum absolute atomic E-state index is 0.303. The number of carbonyl (C=O) groups excluding carboxylic acids is 1. The normalized spacial score (nSPS) is 9.72. The van der Waals surface area contributed by atoms with Crippen LogP contribution in [0, 0.1) is 0 Å². The van der Waals surface area contributed by atoms with Crippen molar-refractivity contribution < 1.29 is 19.0 Å². The van der Waals surface area contributed by atoms with Gasteiger partial charge in [0, 0.05) is 5.88 Å². The zero-order chi connectivity index (χ0) is 13.5. The summed E-state index contributed by atoms with van der Waals surface area (Å²) in [6, 6.07) is 4.81. The Morgan fingerprint density at radius 1 is 1.33 bits per heavy atom. The lowest BCUT2D eigenvalue weighted by Crippen LogP contribution is -2.05. The van der Waals surface area contributed by atoms with Crippen LogP contribution in [0.3, 0.4) is 0 Å². The predicted molar refractivity (Wildman–Crippen MR) is 69.7 cm³/mol. The molecule has 0 radical (unpaired) electrons. The van der Waals surface area contributed by atoms with Crippen LogP contribution in [-0.2, 0) is 4.74 Å². The molecule has 0 aliphatic heterocycles. The number of alkyl halides is 1. The van der Waals surface area contributed by atoms with E-state index in [9.17, 15) is 4.79 Å². The van der Waals surface area contributed by atoms with Crippen LogP contribution < -0.4 is 9.47 Å². The zero-order valence-electron chi connectivity index (χ0n) is 10.4. The summed E-state index contributed by atoms with van der Waals surface area (Å²) in [5.74, 6) is 0.893. The van der Waals surface area contributed by atoms with E-state index in [0.29, 0.717) is 29.5 Å².